The Hall–Kier alpha value is -0.980. The molecular weight excluding hydrogens is 314 g/mol. The monoisotopic (exact) mass is 325 g/mol. The molecule has 0 spiro atoms. The smallest absolute Gasteiger partial charge is 0.227 e. The Balaban J connectivity index is 2.04. The minimum atomic E-state index is 0.148. The van der Waals surface area contributed by atoms with E-state index in [0.717, 1.165) is 20.4 Å². The Morgan fingerprint density at radius 1 is 1.56 bits per heavy atom. The number of aromatic nitrogens is 1. The maximum absolute atomic E-state index is 12.0. The van der Waals surface area contributed by atoms with Crippen LogP contribution in [0.3, 0.4) is 0 Å². The average Bonchev–Trinajstić information content (AvgIpc) is 2.96. The molecule has 0 aliphatic carbocycles. The molecule has 1 aliphatic rings. The molecule has 1 unspecified atom stereocenters. The fourth-order valence-corrected chi connectivity index (χ4v) is 3.82. The van der Waals surface area contributed by atoms with Crippen molar-refractivity contribution < 1.29 is 4.79 Å². The summed E-state index contributed by atoms with van der Waals surface area (Å²) in [6, 6.07) is 3.90. The summed E-state index contributed by atoms with van der Waals surface area (Å²) in [5.74, 6) is 0.413. The van der Waals surface area contributed by atoms with Gasteiger partial charge in [0.2, 0.25) is 5.91 Å². The minimum Gasteiger partial charge on any atom is -0.330 e. The number of benzene rings is 1. The topological polar surface area (TPSA) is 59.2 Å². The summed E-state index contributed by atoms with van der Waals surface area (Å²) in [6.45, 7) is 1.26. The lowest BCUT2D eigenvalue weighted by molar-refractivity contribution is -0.117. The summed E-state index contributed by atoms with van der Waals surface area (Å²) in [5.41, 5.74) is 9.34. The molecule has 1 fully saturated rings. The zero-order valence-electron chi connectivity index (χ0n) is 9.60. The Bertz CT molecular complexity index is 612. The minimum absolute atomic E-state index is 0.148. The highest BCUT2D eigenvalue weighted by atomic mass is 79.9. The van der Waals surface area contributed by atoms with Crippen LogP contribution in [0.25, 0.3) is 10.2 Å². The number of nitrogens with zero attached hydrogens (tertiary/aromatic N) is 2. The number of hydrogen-bond donors (Lipinski definition) is 1. The number of thiazole rings is 1. The van der Waals surface area contributed by atoms with Gasteiger partial charge in [-0.25, -0.2) is 4.98 Å². The lowest BCUT2D eigenvalue weighted by atomic mass is 10.1. The molecule has 2 aromatic rings. The van der Waals surface area contributed by atoms with Crippen LogP contribution in [0.4, 0.5) is 5.69 Å². The fourth-order valence-electron chi connectivity index (χ4n) is 2.27. The molecule has 6 heteroatoms. The lowest BCUT2D eigenvalue weighted by Gasteiger charge is -2.18. The van der Waals surface area contributed by atoms with Crippen molar-refractivity contribution >= 4 is 49.1 Å². The quantitative estimate of drug-likeness (QED) is 0.922. The number of carbonyl (C=O) groups is 1. The van der Waals surface area contributed by atoms with Gasteiger partial charge in [-0.3, -0.25) is 4.79 Å². The van der Waals surface area contributed by atoms with Gasteiger partial charge < -0.3 is 10.6 Å². The Morgan fingerprint density at radius 2 is 2.39 bits per heavy atom. The third-order valence-electron chi connectivity index (χ3n) is 3.25. The van der Waals surface area contributed by atoms with Crippen LogP contribution in [0.5, 0.6) is 0 Å². The average molecular weight is 326 g/mol. The molecule has 0 radical (unpaired) electrons. The predicted octanol–water partition coefficient (Wildman–Crippen LogP) is 2.37. The third kappa shape index (κ3) is 1.84. The van der Waals surface area contributed by atoms with Gasteiger partial charge in [-0.1, -0.05) is 0 Å². The molecule has 3 rings (SSSR count). The summed E-state index contributed by atoms with van der Waals surface area (Å²) in [6.07, 6.45) is 0.545. The van der Waals surface area contributed by atoms with Gasteiger partial charge in [0.25, 0.3) is 0 Å². The summed E-state index contributed by atoms with van der Waals surface area (Å²) in [5, 5.41) is 0. The largest absolute Gasteiger partial charge is 0.330 e. The van der Waals surface area contributed by atoms with E-state index in [1.54, 1.807) is 11.3 Å². The predicted molar refractivity (Wildman–Crippen MR) is 76.8 cm³/mol. The zero-order chi connectivity index (χ0) is 12.7. The van der Waals surface area contributed by atoms with Gasteiger partial charge in [0.1, 0.15) is 0 Å². The van der Waals surface area contributed by atoms with Crippen LogP contribution in [-0.4, -0.2) is 24.0 Å². The molecule has 94 valence electrons. The number of nitrogens with two attached hydrogens (primary N) is 1. The molecule has 1 atom stereocenters. The second-order valence-corrected chi connectivity index (χ2v) is 6.06. The summed E-state index contributed by atoms with van der Waals surface area (Å²) < 4.78 is 2.03. The number of fused-ring (bicyclic) bond motifs is 1. The summed E-state index contributed by atoms with van der Waals surface area (Å²) in [4.78, 5) is 18.1. The SMILES string of the molecule is NCC1CC(=O)N(c2ccc3ncsc3c2Br)C1. The summed E-state index contributed by atoms with van der Waals surface area (Å²) >= 11 is 5.16. The van der Waals surface area contributed by atoms with Crippen LogP contribution in [0.1, 0.15) is 6.42 Å². The molecule has 18 heavy (non-hydrogen) atoms. The first-order valence-electron chi connectivity index (χ1n) is 5.73. The second-order valence-electron chi connectivity index (χ2n) is 4.41. The Morgan fingerprint density at radius 3 is 3.11 bits per heavy atom. The molecule has 2 heterocycles. The maximum atomic E-state index is 12.0. The van der Waals surface area contributed by atoms with Crippen molar-refractivity contribution in [2.45, 2.75) is 6.42 Å². The lowest BCUT2D eigenvalue weighted by Crippen LogP contribution is -2.26. The number of amides is 1. The van der Waals surface area contributed by atoms with Crippen molar-refractivity contribution in [3.63, 3.8) is 0 Å². The number of carbonyl (C=O) groups excluding carboxylic acids is 1. The van der Waals surface area contributed by atoms with Crippen LogP contribution in [-0.2, 0) is 4.79 Å². The molecule has 1 aliphatic heterocycles. The first kappa shape index (κ1) is 12.1. The van der Waals surface area contributed by atoms with E-state index < -0.39 is 0 Å². The van der Waals surface area contributed by atoms with Crippen molar-refractivity contribution in [1.82, 2.24) is 4.98 Å². The van der Waals surface area contributed by atoms with Crippen LogP contribution < -0.4 is 10.6 Å². The van der Waals surface area contributed by atoms with Crippen molar-refractivity contribution in [3.05, 3.63) is 22.1 Å². The number of rotatable bonds is 2. The van der Waals surface area contributed by atoms with Crippen LogP contribution >= 0.6 is 27.3 Å². The van der Waals surface area contributed by atoms with E-state index in [9.17, 15) is 4.79 Å². The molecule has 1 aromatic heterocycles. The van der Waals surface area contributed by atoms with Crippen LogP contribution in [0.2, 0.25) is 0 Å². The number of anilines is 1. The highest BCUT2D eigenvalue weighted by molar-refractivity contribution is 9.10. The molecule has 0 bridgehead atoms. The van der Waals surface area contributed by atoms with E-state index in [0.29, 0.717) is 19.5 Å². The first-order chi connectivity index (χ1) is 8.70. The highest BCUT2D eigenvalue weighted by Gasteiger charge is 2.31. The second kappa shape index (κ2) is 4.60. The van der Waals surface area contributed by atoms with Gasteiger partial charge in [-0.15, -0.1) is 11.3 Å². The molecular formula is C12H12BrN3OS. The number of halogens is 1. The Kier molecular flexibility index (Phi) is 3.09. The highest BCUT2D eigenvalue weighted by Crippen LogP contribution is 2.37. The first-order valence-corrected chi connectivity index (χ1v) is 7.40. The van der Waals surface area contributed by atoms with E-state index in [4.69, 9.17) is 5.73 Å². The van der Waals surface area contributed by atoms with Gasteiger partial charge in [-0.05, 0) is 40.5 Å². The van der Waals surface area contributed by atoms with Crippen molar-refractivity contribution in [3.8, 4) is 0 Å². The number of hydrogen-bond acceptors (Lipinski definition) is 4. The molecule has 4 nitrogen and oxygen atoms in total. The molecule has 1 saturated heterocycles. The van der Waals surface area contributed by atoms with Gasteiger partial charge in [0.05, 0.1) is 25.9 Å². The van der Waals surface area contributed by atoms with Gasteiger partial charge in [0.15, 0.2) is 0 Å². The summed E-state index contributed by atoms with van der Waals surface area (Å²) in [7, 11) is 0. The standard InChI is InChI=1S/C12H12BrN3OS/c13-11-9(2-1-8-12(11)18-6-15-8)16-5-7(4-14)3-10(16)17/h1-2,6-7H,3-5,14H2. The van der Waals surface area contributed by atoms with Crippen LogP contribution in [0.15, 0.2) is 22.1 Å². The molecule has 1 aromatic carbocycles. The van der Waals surface area contributed by atoms with E-state index in [2.05, 4.69) is 20.9 Å². The van der Waals surface area contributed by atoms with Gasteiger partial charge >= 0.3 is 0 Å². The van der Waals surface area contributed by atoms with Gasteiger partial charge in [-0.2, -0.15) is 0 Å². The third-order valence-corrected chi connectivity index (χ3v) is 5.17. The molecule has 1 amide bonds. The van der Waals surface area contributed by atoms with Crippen molar-refractivity contribution in [1.29, 1.82) is 0 Å². The molecule has 2 N–H and O–H groups in total. The zero-order valence-corrected chi connectivity index (χ0v) is 12.0. The fraction of sp³-hybridized carbons (Fsp3) is 0.333. The molecule has 0 saturated carbocycles. The van der Waals surface area contributed by atoms with E-state index in [1.807, 2.05) is 22.5 Å². The Labute approximate surface area is 117 Å². The van der Waals surface area contributed by atoms with Crippen LogP contribution in [0, 0.1) is 5.92 Å². The van der Waals surface area contributed by atoms with Crippen molar-refractivity contribution in [2.75, 3.05) is 18.0 Å². The van der Waals surface area contributed by atoms with Gasteiger partial charge in [0, 0.05) is 13.0 Å². The maximum Gasteiger partial charge on any atom is 0.227 e. The van der Waals surface area contributed by atoms with Crippen molar-refractivity contribution in [2.24, 2.45) is 11.7 Å². The van der Waals surface area contributed by atoms with E-state index >= 15 is 0 Å². The van der Waals surface area contributed by atoms with E-state index in [-0.39, 0.29) is 11.8 Å². The normalized spacial score (nSPS) is 20.0. The van der Waals surface area contributed by atoms with E-state index in [1.165, 1.54) is 0 Å².